The molecule has 3 aromatic carbocycles. The minimum atomic E-state index is -0.890. The van der Waals surface area contributed by atoms with Crippen LogP contribution in [0.4, 0.5) is 5.69 Å². The summed E-state index contributed by atoms with van der Waals surface area (Å²) in [4.78, 5) is 34.7. The van der Waals surface area contributed by atoms with E-state index in [1.54, 1.807) is 19.0 Å². The molecule has 2 amide bonds. The van der Waals surface area contributed by atoms with Crippen molar-refractivity contribution in [3.63, 3.8) is 0 Å². The van der Waals surface area contributed by atoms with E-state index < -0.39 is 11.5 Å². The Morgan fingerprint density at radius 2 is 1.58 bits per heavy atom. The van der Waals surface area contributed by atoms with Crippen LogP contribution < -0.4 is 16.4 Å². The predicted molar refractivity (Wildman–Crippen MR) is 203 cm³/mol. The summed E-state index contributed by atoms with van der Waals surface area (Å²) in [7, 11) is 7.47. The molecule has 0 aliphatic heterocycles. The minimum absolute atomic E-state index is 0.0569. The summed E-state index contributed by atoms with van der Waals surface area (Å²) in [6.45, 7) is 11.0. The maximum Gasteiger partial charge on any atom is 0.253 e. The second-order valence-corrected chi connectivity index (χ2v) is 13.9. The Morgan fingerprint density at radius 1 is 0.980 bits per heavy atom. The Hall–Kier alpha value is -4.94. The molecule has 1 aliphatic carbocycles. The molecule has 2 unspecified atom stereocenters. The number of nitrogens with two attached hydrogens (primary N) is 1. The van der Waals surface area contributed by atoms with E-state index >= 15 is 0 Å². The van der Waals surface area contributed by atoms with Crippen molar-refractivity contribution in [2.45, 2.75) is 64.3 Å². The normalized spacial score (nSPS) is 16.6. The number of hydrogen-bond acceptors (Lipinski definition) is 6. The molecule has 9 heteroatoms. The lowest BCUT2D eigenvalue weighted by molar-refractivity contribution is -0.120. The number of amides is 2. The summed E-state index contributed by atoms with van der Waals surface area (Å²) in [6.07, 6.45) is 3.49. The number of nitrogens with one attached hydrogen (secondary N) is 2. The van der Waals surface area contributed by atoms with Crippen LogP contribution >= 0.6 is 0 Å². The number of aliphatic imine (C=N–C) groups is 1. The number of rotatable bonds is 14. The second-order valence-electron chi connectivity index (χ2n) is 13.9. The van der Waals surface area contributed by atoms with Crippen LogP contribution in [0.1, 0.15) is 76.8 Å². The third kappa shape index (κ3) is 8.61. The number of fused-ring (bicyclic) bond motifs is 2. The molecule has 3 atom stereocenters. The van der Waals surface area contributed by atoms with Crippen LogP contribution in [-0.4, -0.2) is 74.8 Å². The lowest BCUT2D eigenvalue weighted by Crippen LogP contribution is -2.46. The van der Waals surface area contributed by atoms with Crippen molar-refractivity contribution in [3.8, 4) is 6.07 Å². The van der Waals surface area contributed by atoms with Crippen molar-refractivity contribution in [3.05, 3.63) is 106 Å². The third-order valence-corrected chi connectivity index (χ3v) is 9.83. The lowest BCUT2D eigenvalue weighted by Gasteiger charge is -2.37. The summed E-state index contributed by atoms with van der Waals surface area (Å²) in [5, 5.41) is 15.8. The van der Waals surface area contributed by atoms with Gasteiger partial charge < -0.3 is 26.2 Å². The number of nitriles is 1. The lowest BCUT2D eigenvalue weighted by atomic mass is 9.68. The molecule has 50 heavy (non-hydrogen) atoms. The largest absolute Gasteiger partial charge is 0.386 e. The van der Waals surface area contributed by atoms with Gasteiger partial charge >= 0.3 is 0 Å². The fraction of sp³-hybridized carbons (Fsp3) is 0.415. The van der Waals surface area contributed by atoms with Gasteiger partial charge in [-0.25, -0.2) is 4.99 Å². The van der Waals surface area contributed by atoms with Crippen LogP contribution in [0, 0.1) is 24.2 Å². The number of aryl methyl sites for hydroxylation is 3. The molecular weight excluding hydrogens is 622 g/mol. The van der Waals surface area contributed by atoms with E-state index in [0.29, 0.717) is 43.1 Å². The van der Waals surface area contributed by atoms with E-state index in [4.69, 9.17) is 10.7 Å². The first kappa shape index (κ1) is 37.9. The molecule has 0 heterocycles. The smallest absolute Gasteiger partial charge is 0.253 e. The standard InChI is InChI=1S/C41H53N7O2/c1-9-27(2)22-35(25-42)45-38(49)26-44-21-20-41(40(43)46-34-16-10-28(3)11-17-34)36-18-14-30(29(4)47(5)6)23-31(36)12-13-32-24-33(15-19-37(32)41)39(50)48(7)8/h10-11,14-19,23-24,27,35,44H,4,9,12-13,20-22,26H2,1-3,5-8H3,(H2,43,46)(H,45,49)/t27-,35?,41?/m0/s1. The van der Waals surface area contributed by atoms with Crippen molar-refractivity contribution in [1.82, 2.24) is 20.4 Å². The first-order chi connectivity index (χ1) is 23.8. The quantitative estimate of drug-likeness (QED) is 0.114. The molecule has 0 saturated carbocycles. The average Bonchev–Trinajstić information content (AvgIpc) is 3.24. The van der Waals surface area contributed by atoms with Crippen LogP contribution in [0.2, 0.25) is 0 Å². The summed E-state index contributed by atoms with van der Waals surface area (Å²) >= 11 is 0. The SMILES string of the molecule is C=C(c1ccc2c(c1)CCc1cc(C(=O)N(C)C)ccc1C2(CCNCC(=O)NC(C#N)C[C@@H](C)CC)C(N)=Nc1ccc(C)cc1)N(C)C. The molecule has 4 rings (SSSR count). The highest BCUT2D eigenvalue weighted by Crippen LogP contribution is 2.44. The Labute approximate surface area is 298 Å². The van der Waals surface area contributed by atoms with Crippen molar-refractivity contribution < 1.29 is 9.59 Å². The second kappa shape index (κ2) is 16.6. The number of carbonyl (C=O) groups is 2. The molecule has 4 N–H and O–H groups in total. The summed E-state index contributed by atoms with van der Waals surface area (Å²) in [5.41, 5.74) is 14.9. The van der Waals surface area contributed by atoms with Gasteiger partial charge in [-0.3, -0.25) is 9.59 Å². The highest BCUT2D eigenvalue weighted by molar-refractivity contribution is 5.99. The van der Waals surface area contributed by atoms with E-state index in [2.05, 4.69) is 55.3 Å². The first-order valence-corrected chi connectivity index (χ1v) is 17.5. The van der Waals surface area contributed by atoms with Gasteiger partial charge in [-0.2, -0.15) is 5.26 Å². The molecule has 9 nitrogen and oxygen atoms in total. The maximum atomic E-state index is 13.1. The first-order valence-electron chi connectivity index (χ1n) is 17.5. The van der Waals surface area contributed by atoms with Crippen LogP contribution in [0.25, 0.3) is 5.70 Å². The van der Waals surface area contributed by atoms with Crippen LogP contribution in [0.3, 0.4) is 0 Å². The van der Waals surface area contributed by atoms with Gasteiger partial charge in [0.2, 0.25) is 5.91 Å². The van der Waals surface area contributed by atoms with E-state index in [1.807, 2.05) is 68.4 Å². The van der Waals surface area contributed by atoms with Gasteiger partial charge in [0.1, 0.15) is 11.9 Å². The van der Waals surface area contributed by atoms with Gasteiger partial charge in [-0.05, 0) is 103 Å². The van der Waals surface area contributed by atoms with E-state index in [-0.39, 0.29) is 18.4 Å². The average molecular weight is 676 g/mol. The van der Waals surface area contributed by atoms with Crippen molar-refractivity contribution in [1.29, 1.82) is 5.26 Å². The topological polar surface area (TPSA) is 127 Å². The Bertz CT molecular complexity index is 1700. The van der Waals surface area contributed by atoms with Crippen LogP contribution in [0.15, 0.2) is 72.2 Å². The maximum absolute atomic E-state index is 13.1. The number of nitrogens with zero attached hydrogens (tertiary/aromatic N) is 4. The van der Waals surface area contributed by atoms with Crippen LogP contribution in [-0.2, 0) is 23.1 Å². The molecule has 264 valence electrons. The molecule has 0 fully saturated rings. The summed E-state index contributed by atoms with van der Waals surface area (Å²) in [6, 6.07) is 22.0. The van der Waals surface area contributed by atoms with Gasteiger partial charge in [0, 0.05) is 39.5 Å². The summed E-state index contributed by atoms with van der Waals surface area (Å²) < 4.78 is 0. The van der Waals surface area contributed by atoms with Gasteiger partial charge in [-0.1, -0.05) is 62.7 Å². The van der Waals surface area contributed by atoms with Gasteiger partial charge in [0.05, 0.1) is 23.7 Å². The van der Waals surface area contributed by atoms with Gasteiger partial charge in [0.15, 0.2) is 0 Å². The highest BCUT2D eigenvalue weighted by atomic mass is 16.2. The van der Waals surface area contributed by atoms with Crippen LogP contribution in [0.5, 0.6) is 0 Å². The van der Waals surface area contributed by atoms with Crippen molar-refractivity contribution in [2.75, 3.05) is 41.3 Å². The van der Waals surface area contributed by atoms with E-state index in [9.17, 15) is 14.9 Å². The zero-order chi connectivity index (χ0) is 36.6. The third-order valence-electron chi connectivity index (χ3n) is 9.83. The molecule has 1 aliphatic rings. The predicted octanol–water partition coefficient (Wildman–Crippen LogP) is 5.73. The molecule has 0 spiro atoms. The minimum Gasteiger partial charge on any atom is -0.386 e. The Morgan fingerprint density at radius 3 is 2.14 bits per heavy atom. The number of amidine groups is 1. The summed E-state index contributed by atoms with van der Waals surface area (Å²) in [5.74, 6) is 0.474. The van der Waals surface area contributed by atoms with Crippen molar-refractivity contribution in [2.24, 2.45) is 16.6 Å². The molecule has 0 bridgehead atoms. The number of benzene rings is 3. The Balaban J connectivity index is 1.83. The number of carbonyl (C=O) groups excluding carboxylic acids is 2. The zero-order valence-electron chi connectivity index (χ0n) is 30.8. The Kier molecular flexibility index (Phi) is 12.6. The molecule has 0 aromatic heterocycles. The monoisotopic (exact) mass is 675 g/mol. The molecule has 0 saturated heterocycles. The fourth-order valence-electron chi connectivity index (χ4n) is 6.64. The van der Waals surface area contributed by atoms with Crippen molar-refractivity contribution >= 4 is 29.0 Å². The molecular formula is C41H53N7O2. The highest BCUT2D eigenvalue weighted by Gasteiger charge is 2.43. The van der Waals surface area contributed by atoms with Gasteiger partial charge in [0.25, 0.3) is 5.91 Å². The van der Waals surface area contributed by atoms with Gasteiger partial charge in [-0.15, -0.1) is 0 Å². The van der Waals surface area contributed by atoms with E-state index in [0.717, 1.165) is 57.6 Å². The zero-order valence-corrected chi connectivity index (χ0v) is 30.8. The molecule has 3 aromatic rings. The fourth-order valence-corrected chi connectivity index (χ4v) is 6.64. The molecule has 0 radical (unpaired) electrons. The number of hydrogen-bond donors (Lipinski definition) is 3. The van der Waals surface area contributed by atoms with E-state index in [1.165, 1.54) is 0 Å².